The van der Waals surface area contributed by atoms with E-state index < -0.39 is 0 Å². The summed E-state index contributed by atoms with van der Waals surface area (Å²) in [7, 11) is 0. The van der Waals surface area contributed by atoms with E-state index in [0.29, 0.717) is 23.6 Å². The quantitative estimate of drug-likeness (QED) is 0.531. The minimum Gasteiger partial charge on any atom is -0.467 e. The second kappa shape index (κ2) is 9.05. The third-order valence-electron chi connectivity index (χ3n) is 3.73. The Morgan fingerprint density at radius 3 is 2.30 bits per heavy atom. The van der Waals surface area contributed by atoms with Crippen LogP contribution in [-0.2, 0) is 11.3 Å². The Balaban J connectivity index is 1.47. The first kappa shape index (κ1) is 18.7. The third-order valence-corrected chi connectivity index (χ3v) is 4.26. The normalized spacial score (nSPS) is 10.3. The summed E-state index contributed by atoms with van der Waals surface area (Å²) >= 11 is 3.37. The minimum atomic E-state index is -0.207. The second-order valence-corrected chi connectivity index (χ2v) is 6.66. The van der Waals surface area contributed by atoms with E-state index in [9.17, 15) is 9.59 Å². The molecule has 0 bridgehead atoms. The molecule has 0 atom stereocenters. The Bertz CT molecular complexity index is 891. The molecule has 27 heavy (non-hydrogen) atoms. The van der Waals surface area contributed by atoms with Crippen LogP contribution in [0.4, 0.5) is 11.4 Å². The molecule has 0 aliphatic heterocycles. The summed E-state index contributed by atoms with van der Waals surface area (Å²) < 4.78 is 6.15. The first-order chi connectivity index (χ1) is 13.1. The van der Waals surface area contributed by atoms with Gasteiger partial charge in [-0.3, -0.25) is 9.59 Å². The molecule has 0 fully saturated rings. The fourth-order valence-electron chi connectivity index (χ4n) is 2.34. The van der Waals surface area contributed by atoms with E-state index in [1.807, 2.05) is 24.3 Å². The highest BCUT2D eigenvalue weighted by atomic mass is 79.9. The molecular formula is C20H18BrN3O3. The van der Waals surface area contributed by atoms with E-state index >= 15 is 0 Å². The van der Waals surface area contributed by atoms with Crippen LogP contribution < -0.4 is 16.0 Å². The van der Waals surface area contributed by atoms with Gasteiger partial charge in [0, 0.05) is 21.4 Å². The molecule has 0 radical (unpaired) electrons. The Hall–Kier alpha value is -3.06. The number of hydrogen-bond acceptors (Lipinski definition) is 4. The number of carbonyl (C=O) groups is 2. The molecule has 0 aliphatic carbocycles. The van der Waals surface area contributed by atoms with Crippen LogP contribution in [0.2, 0.25) is 0 Å². The monoisotopic (exact) mass is 427 g/mol. The number of hydrogen-bond donors (Lipinski definition) is 3. The van der Waals surface area contributed by atoms with E-state index in [1.165, 1.54) is 0 Å². The van der Waals surface area contributed by atoms with Gasteiger partial charge < -0.3 is 20.4 Å². The maximum absolute atomic E-state index is 12.1. The molecule has 138 valence electrons. The lowest BCUT2D eigenvalue weighted by atomic mass is 10.2. The van der Waals surface area contributed by atoms with Crippen LogP contribution in [0.1, 0.15) is 16.1 Å². The highest BCUT2D eigenvalue weighted by Crippen LogP contribution is 2.14. The van der Waals surface area contributed by atoms with E-state index in [4.69, 9.17) is 4.42 Å². The van der Waals surface area contributed by atoms with Crippen LogP contribution in [0, 0.1) is 0 Å². The van der Waals surface area contributed by atoms with Crippen molar-refractivity contribution in [2.45, 2.75) is 6.54 Å². The first-order valence-corrected chi connectivity index (χ1v) is 9.09. The van der Waals surface area contributed by atoms with Crippen molar-refractivity contribution in [3.63, 3.8) is 0 Å². The van der Waals surface area contributed by atoms with Gasteiger partial charge in [-0.05, 0) is 60.7 Å². The summed E-state index contributed by atoms with van der Waals surface area (Å²) in [6.45, 7) is 0.471. The van der Waals surface area contributed by atoms with Gasteiger partial charge in [-0.2, -0.15) is 0 Å². The summed E-state index contributed by atoms with van der Waals surface area (Å²) in [4.78, 5) is 24.1. The van der Waals surface area contributed by atoms with Gasteiger partial charge in [0.2, 0.25) is 5.91 Å². The number of anilines is 2. The van der Waals surface area contributed by atoms with E-state index in [0.717, 1.165) is 10.2 Å². The third kappa shape index (κ3) is 5.72. The summed E-state index contributed by atoms with van der Waals surface area (Å²) in [6.07, 6.45) is 1.56. The molecule has 0 saturated heterocycles. The van der Waals surface area contributed by atoms with Gasteiger partial charge in [0.1, 0.15) is 5.76 Å². The number of amides is 2. The van der Waals surface area contributed by atoms with Gasteiger partial charge in [0.25, 0.3) is 5.91 Å². The van der Waals surface area contributed by atoms with Crippen molar-refractivity contribution < 1.29 is 14.0 Å². The summed E-state index contributed by atoms with van der Waals surface area (Å²) in [5.74, 6) is 0.305. The lowest BCUT2D eigenvalue weighted by Crippen LogP contribution is -2.23. The number of rotatable bonds is 7. The molecule has 0 spiro atoms. The lowest BCUT2D eigenvalue weighted by molar-refractivity contribution is -0.114. The molecule has 0 aliphatic rings. The maximum atomic E-state index is 12.1. The summed E-state index contributed by atoms with van der Waals surface area (Å²) in [5, 5.41) is 8.60. The van der Waals surface area contributed by atoms with Crippen molar-refractivity contribution in [3.8, 4) is 0 Å². The standard InChI is InChI=1S/C20H18BrN3O3/c21-15-5-9-16(10-6-15)22-13-19(25)24-17-7-3-14(4-8-17)20(26)23-12-18-2-1-11-27-18/h1-11,22H,12-13H2,(H,23,26)(H,24,25). The van der Waals surface area contributed by atoms with Crippen LogP contribution in [0.3, 0.4) is 0 Å². The molecule has 3 rings (SSSR count). The SMILES string of the molecule is O=C(CNc1ccc(Br)cc1)Nc1ccc(C(=O)NCc2ccco2)cc1. The van der Waals surface area contributed by atoms with Crippen molar-refractivity contribution in [1.82, 2.24) is 5.32 Å². The molecule has 0 saturated carbocycles. The van der Waals surface area contributed by atoms with Crippen molar-refractivity contribution in [2.24, 2.45) is 0 Å². The molecule has 0 unspecified atom stereocenters. The molecule has 3 N–H and O–H groups in total. The van der Waals surface area contributed by atoms with Gasteiger partial charge in [-0.15, -0.1) is 0 Å². The van der Waals surface area contributed by atoms with Gasteiger partial charge in [0.05, 0.1) is 19.4 Å². The van der Waals surface area contributed by atoms with Crippen LogP contribution >= 0.6 is 15.9 Å². The molecule has 1 heterocycles. The molecule has 2 amide bonds. The average molecular weight is 428 g/mol. The van der Waals surface area contributed by atoms with Gasteiger partial charge in [-0.1, -0.05) is 15.9 Å². The first-order valence-electron chi connectivity index (χ1n) is 8.30. The van der Waals surface area contributed by atoms with E-state index in [1.54, 1.807) is 42.7 Å². The van der Waals surface area contributed by atoms with Crippen molar-refractivity contribution >= 4 is 39.1 Å². The molecule has 3 aromatic rings. The number of furan rings is 1. The van der Waals surface area contributed by atoms with Crippen molar-refractivity contribution in [2.75, 3.05) is 17.2 Å². The van der Waals surface area contributed by atoms with Crippen LogP contribution in [0.15, 0.2) is 75.8 Å². The maximum Gasteiger partial charge on any atom is 0.251 e. The number of carbonyl (C=O) groups excluding carboxylic acids is 2. The fourth-order valence-corrected chi connectivity index (χ4v) is 2.61. The fraction of sp³-hybridized carbons (Fsp3) is 0.100. The van der Waals surface area contributed by atoms with Crippen molar-refractivity contribution in [1.29, 1.82) is 0 Å². The molecule has 7 heteroatoms. The molecular weight excluding hydrogens is 410 g/mol. The van der Waals surface area contributed by atoms with E-state index in [-0.39, 0.29) is 18.4 Å². The highest BCUT2D eigenvalue weighted by molar-refractivity contribution is 9.10. The predicted molar refractivity (Wildman–Crippen MR) is 108 cm³/mol. The Morgan fingerprint density at radius 1 is 0.926 bits per heavy atom. The van der Waals surface area contributed by atoms with Crippen LogP contribution in [0.25, 0.3) is 0 Å². The minimum absolute atomic E-state index is 0.146. The van der Waals surface area contributed by atoms with Gasteiger partial charge >= 0.3 is 0 Å². The smallest absolute Gasteiger partial charge is 0.251 e. The Kier molecular flexibility index (Phi) is 6.27. The Labute approximate surface area is 165 Å². The van der Waals surface area contributed by atoms with Gasteiger partial charge in [0.15, 0.2) is 0 Å². The zero-order valence-corrected chi connectivity index (χ0v) is 16.0. The molecule has 2 aromatic carbocycles. The zero-order valence-electron chi connectivity index (χ0n) is 14.4. The highest BCUT2D eigenvalue weighted by Gasteiger charge is 2.07. The largest absolute Gasteiger partial charge is 0.467 e. The molecule has 6 nitrogen and oxygen atoms in total. The zero-order chi connectivity index (χ0) is 19.1. The van der Waals surface area contributed by atoms with Crippen LogP contribution in [-0.4, -0.2) is 18.4 Å². The topological polar surface area (TPSA) is 83.4 Å². The second-order valence-electron chi connectivity index (χ2n) is 5.75. The number of nitrogens with one attached hydrogen (secondary N) is 3. The summed E-state index contributed by atoms with van der Waals surface area (Å²) in [5.41, 5.74) is 1.99. The van der Waals surface area contributed by atoms with E-state index in [2.05, 4.69) is 31.9 Å². The Morgan fingerprint density at radius 2 is 1.63 bits per heavy atom. The predicted octanol–water partition coefficient (Wildman–Crippen LogP) is 4.02. The van der Waals surface area contributed by atoms with Crippen molar-refractivity contribution in [3.05, 3.63) is 82.7 Å². The average Bonchev–Trinajstić information content (AvgIpc) is 3.20. The summed E-state index contributed by atoms with van der Waals surface area (Å²) in [6, 6.07) is 17.8. The number of benzene rings is 2. The lowest BCUT2D eigenvalue weighted by Gasteiger charge is -2.09. The number of halogens is 1. The van der Waals surface area contributed by atoms with Gasteiger partial charge in [-0.25, -0.2) is 0 Å². The van der Waals surface area contributed by atoms with Crippen LogP contribution in [0.5, 0.6) is 0 Å². The molecule has 1 aromatic heterocycles.